The third-order valence-corrected chi connectivity index (χ3v) is 3.15. The Morgan fingerprint density at radius 1 is 1.70 bits per heavy atom. The maximum atomic E-state index is 5.94. The number of hydrogen-bond acceptors (Lipinski definition) is 1. The highest BCUT2D eigenvalue weighted by atomic mass is 14.8. The molecule has 10 heavy (non-hydrogen) atoms. The molecule has 0 aromatic heterocycles. The van der Waals surface area contributed by atoms with Gasteiger partial charge in [-0.3, -0.25) is 0 Å². The summed E-state index contributed by atoms with van der Waals surface area (Å²) in [6.45, 7) is 5.93. The molecule has 0 radical (unpaired) electrons. The van der Waals surface area contributed by atoms with Gasteiger partial charge in [0, 0.05) is 6.04 Å². The van der Waals surface area contributed by atoms with Crippen LogP contribution in [0.15, 0.2) is 12.2 Å². The molecule has 2 unspecified atom stereocenters. The second kappa shape index (κ2) is 1.65. The van der Waals surface area contributed by atoms with Crippen molar-refractivity contribution in [2.24, 2.45) is 17.1 Å². The Hall–Kier alpha value is -0.300. The van der Waals surface area contributed by atoms with Gasteiger partial charge in [0.2, 0.25) is 0 Å². The Bertz CT molecular complexity index is 179. The molecule has 2 aliphatic carbocycles. The molecule has 2 fully saturated rings. The van der Waals surface area contributed by atoms with Crippen molar-refractivity contribution in [3.63, 3.8) is 0 Å². The van der Waals surface area contributed by atoms with Gasteiger partial charge in [-0.05, 0) is 37.5 Å². The standard InChI is InChI=1S/C9H15N/c1-6(2)8(10)7-5-9(7)3-4-9/h7-8H,1,3-5,10H2,2H3. The second-order valence-corrected chi connectivity index (χ2v) is 4.05. The van der Waals surface area contributed by atoms with Crippen LogP contribution in [0.25, 0.3) is 0 Å². The minimum atomic E-state index is 0.294. The van der Waals surface area contributed by atoms with Crippen LogP contribution < -0.4 is 5.73 Å². The quantitative estimate of drug-likeness (QED) is 0.576. The lowest BCUT2D eigenvalue weighted by atomic mass is 10.0. The summed E-state index contributed by atoms with van der Waals surface area (Å²) in [7, 11) is 0. The Labute approximate surface area is 62.3 Å². The van der Waals surface area contributed by atoms with E-state index >= 15 is 0 Å². The predicted octanol–water partition coefficient (Wildman–Crippen LogP) is 1.69. The first kappa shape index (κ1) is 6.41. The van der Waals surface area contributed by atoms with E-state index in [1.54, 1.807) is 0 Å². The molecule has 0 heterocycles. The van der Waals surface area contributed by atoms with Crippen LogP contribution in [0.2, 0.25) is 0 Å². The summed E-state index contributed by atoms with van der Waals surface area (Å²) in [6, 6.07) is 0.294. The molecule has 0 saturated heterocycles. The van der Waals surface area contributed by atoms with E-state index in [0.29, 0.717) is 6.04 Å². The van der Waals surface area contributed by atoms with Crippen LogP contribution >= 0.6 is 0 Å². The Balaban J connectivity index is 1.96. The third-order valence-electron chi connectivity index (χ3n) is 3.15. The van der Waals surface area contributed by atoms with Crippen LogP contribution in [0.4, 0.5) is 0 Å². The lowest BCUT2D eigenvalue weighted by Gasteiger charge is -2.09. The van der Waals surface area contributed by atoms with Gasteiger partial charge >= 0.3 is 0 Å². The van der Waals surface area contributed by atoms with E-state index in [-0.39, 0.29) is 0 Å². The van der Waals surface area contributed by atoms with Crippen LogP contribution in [0, 0.1) is 11.3 Å². The number of rotatable bonds is 2. The summed E-state index contributed by atoms with van der Waals surface area (Å²) >= 11 is 0. The molecule has 1 spiro atoms. The van der Waals surface area contributed by atoms with E-state index in [4.69, 9.17) is 5.73 Å². The minimum Gasteiger partial charge on any atom is -0.324 e. The number of nitrogens with two attached hydrogens (primary N) is 1. The van der Waals surface area contributed by atoms with E-state index in [1.165, 1.54) is 19.3 Å². The normalized spacial score (nSPS) is 35.6. The fraction of sp³-hybridized carbons (Fsp3) is 0.778. The molecule has 56 valence electrons. The third kappa shape index (κ3) is 0.734. The zero-order chi connectivity index (χ0) is 7.35. The van der Waals surface area contributed by atoms with Crippen molar-refractivity contribution >= 4 is 0 Å². The summed E-state index contributed by atoms with van der Waals surface area (Å²) < 4.78 is 0. The molecular formula is C9H15N. The predicted molar refractivity (Wildman–Crippen MR) is 42.6 cm³/mol. The van der Waals surface area contributed by atoms with Crippen molar-refractivity contribution in [2.75, 3.05) is 0 Å². The molecule has 0 aromatic rings. The largest absolute Gasteiger partial charge is 0.324 e. The van der Waals surface area contributed by atoms with Gasteiger partial charge in [0.05, 0.1) is 0 Å². The highest BCUT2D eigenvalue weighted by molar-refractivity contribution is 5.21. The van der Waals surface area contributed by atoms with Gasteiger partial charge in [-0.2, -0.15) is 0 Å². The second-order valence-electron chi connectivity index (χ2n) is 4.05. The van der Waals surface area contributed by atoms with Gasteiger partial charge in [0.25, 0.3) is 0 Å². The van der Waals surface area contributed by atoms with Gasteiger partial charge in [-0.15, -0.1) is 0 Å². The molecule has 0 bridgehead atoms. The van der Waals surface area contributed by atoms with E-state index in [1.807, 2.05) is 6.92 Å². The Morgan fingerprint density at radius 3 is 2.60 bits per heavy atom. The first-order valence-electron chi connectivity index (χ1n) is 4.07. The zero-order valence-corrected chi connectivity index (χ0v) is 6.56. The topological polar surface area (TPSA) is 26.0 Å². The van der Waals surface area contributed by atoms with Gasteiger partial charge in [0.1, 0.15) is 0 Å². The van der Waals surface area contributed by atoms with Crippen molar-refractivity contribution in [1.82, 2.24) is 0 Å². The fourth-order valence-corrected chi connectivity index (χ4v) is 1.97. The van der Waals surface area contributed by atoms with Crippen LogP contribution in [0.1, 0.15) is 26.2 Å². The Kier molecular flexibility index (Phi) is 1.06. The van der Waals surface area contributed by atoms with Crippen LogP contribution in [-0.4, -0.2) is 6.04 Å². The molecular weight excluding hydrogens is 122 g/mol. The van der Waals surface area contributed by atoms with E-state index in [0.717, 1.165) is 16.9 Å². The van der Waals surface area contributed by atoms with E-state index < -0.39 is 0 Å². The summed E-state index contributed by atoms with van der Waals surface area (Å²) in [5.74, 6) is 0.796. The monoisotopic (exact) mass is 137 g/mol. The summed E-state index contributed by atoms with van der Waals surface area (Å²) in [6.07, 6.45) is 4.23. The van der Waals surface area contributed by atoms with Crippen LogP contribution in [-0.2, 0) is 0 Å². The van der Waals surface area contributed by atoms with Crippen molar-refractivity contribution in [1.29, 1.82) is 0 Å². The average Bonchev–Trinajstić information content (AvgIpc) is 2.73. The van der Waals surface area contributed by atoms with Crippen molar-refractivity contribution in [3.8, 4) is 0 Å². The smallest absolute Gasteiger partial charge is 0.0282 e. The van der Waals surface area contributed by atoms with Gasteiger partial charge < -0.3 is 5.73 Å². The molecule has 0 aliphatic heterocycles. The van der Waals surface area contributed by atoms with Gasteiger partial charge in [0.15, 0.2) is 0 Å². The molecule has 1 heteroatoms. The van der Waals surface area contributed by atoms with Crippen molar-refractivity contribution < 1.29 is 0 Å². The lowest BCUT2D eigenvalue weighted by molar-refractivity contribution is 0.606. The molecule has 1 nitrogen and oxygen atoms in total. The summed E-state index contributed by atoms with van der Waals surface area (Å²) in [5, 5.41) is 0. The highest BCUT2D eigenvalue weighted by Crippen LogP contribution is 2.71. The highest BCUT2D eigenvalue weighted by Gasteiger charge is 2.64. The summed E-state index contributed by atoms with van der Waals surface area (Å²) in [4.78, 5) is 0. The van der Waals surface area contributed by atoms with Crippen LogP contribution in [0.5, 0.6) is 0 Å². The molecule has 0 aromatic carbocycles. The molecule has 0 amide bonds. The molecule has 2 aliphatic rings. The SMILES string of the molecule is C=C(C)C(N)C1CC12CC2. The molecule has 2 atom stereocenters. The fourth-order valence-electron chi connectivity index (χ4n) is 1.97. The van der Waals surface area contributed by atoms with Crippen LogP contribution in [0.3, 0.4) is 0 Å². The van der Waals surface area contributed by atoms with Crippen molar-refractivity contribution in [2.45, 2.75) is 32.2 Å². The summed E-state index contributed by atoms with van der Waals surface area (Å²) in [5.41, 5.74) is 7.83. The van der Waals surface area contributed by atoms with Gasteiger partial charge in [-0.25, -0.2) is 0 Å². The first-order chi connectivity index (χ1) is 4.66. The molecule has 2 saturated carbocycles. The molecule has 2 rings (SSSR count). The zero-order valence-electron chi connectivity index (χ0n) is 6.56. The van der Waals surface area contributed by atoms with E-state index in [2.05, 4.69) is 6.58 Å². The van der Waals surface area contributed by atoms with E-state index in [9.17, 15) is 0 Å². The Morgan fingerprint density at radius 2 is 2.30 bits per heavy atom. The first-order valence-corrected chi connectivity index (χ1v) is 4.07. The maximum Gasteiger partial charge on any atom is 0.0282 e. The number of hydrogen-bond donors (Lipinski definition) is 1. The molecule has 2 N–H and O–H groups in total. The minimum absolute atomic E-state index is 0.294. The average molecular weight is 137 g/mol. The lowest BCUT2D eigenvalue weighted by Crippen LogP contribution is -2.24. The van der Waals surface area contributed by atoms with Crippen molar-refractivity contribution in [3.05, 3.63) is 12.2 Å². The maximum absolute atomic E-state index is 5.94. The van der Waals surface area contributed by atoms with Gasteiger partial charge in [-0.1, -0.05) is 12.2 Å².